The Balaban J connectivity index is 2.08. The van der Waals surface area contributed by atoms with E-state index in [0.29, 0.717) is 0 Å². The lowest BCUT2D eigenvalue weighted by Gasteiger charge is -2.15. The summed E-state index contributed by atoms with van der Waals surface area (Å²) in [4.78, 5) is 2.11. The maximum atomic E-state index is 3.49. The SMILES string of the molecule is Cc1ccc(CNc2cccc(N(C)C)c2)c(C)c1. The van der Waals surface area contributed by atoms with E-state index in [2.05, 4.69) is 80.6 Å². The van der Waals surface area contributed by atoms with Crippen molar-refractivity contribution in [1.82, 2.24) is 0 Å². The van der Waals surface area contributed by atoms with E-state index in [1.165, 1.54) is 22.4 Å². The molecule has 100 valence electrons. The maximum Gasteiger partial charge on any atom is 0.0403 e. The predicted molar refractivity (Wildman–Crippen MR) is 84.0 cm³/mol. The lowest BCUT2D eigenvalue weighted by atomic mass is 10.1. The van der Waals surface area contributed by atoms with Crippen molar-refractivity contribution in [2.45, 2.75) is 20.4 Å². The van der Waals surface area contributed by atoms with Gasteiger partial charge in [-0.2, -0.15) is 0 Å². The van der Waals surface area contributed by atoms with Crippen molar-refractivity contribution < 1.29 is 0 Å². The van der Waals surface area contributed by atoms with Gasteiger partial charge in [0.2, 0.25) is 0 Å². The van der Waals surface area contributed by atoms with Gasteiger partial charge < -0.3 is 10.2 Å². The molecular formula is C17H22N2. The number of anilines is 2. The first-order chi connectivity index (χ1) is 9.06. The Hall–Kier alpha value is -1.96. The van der Waals surface area contributed by atoms with Crippen molar-refractivity contribution in [3.63, 3.8) is 0 Å². The van der Waals surface area contributed by atoms with Crippen LogP contribution in [0.5, 0.6) is 0 Å². The summed E-state index contributed by atoms with van der Waals surface area (Å²) in [7, 11) is 4.12. The van der Waals surface area contributed by atoms with E-state index in [0.717, 1.165) is 12.2 Å². The molecule has 0 aromatic heterocycles. The summed E-state index contributed by atoms with van der Waals surface area (Å²) in [5.41, 5.74) is 6.38. The Labute approximate surface area is 116 Å². The van der Waals surface area contributed by atoms with Gasteiger partial charge in [-0.3, -0.25) is 0 Å². The molecule has 0 aliphatic carbocycles. The molecule has 0 heterocycles. The molecule has 2 nitrogen and oxygen atoms in total. The summed E-state index contributed by atoms with van der Waals surface area (Å²) in [6.45, 7) is 5.16. The number of nitrogens with zero attached hydrogens (tertiary/aromatic N) is 1. The molecule has 0 saturated carbocycles. The average molecular weight is 254 g/mol. The van der Waals surface area contributed by atoms with Gasteiger partial charge in [0, 0.05) is 32.0 Å². The summed E-state index contributed by atoms with van der Waals surface area (Å²) >= 11 is 0. The third-order valence-corrected chi connectivity index (χ3v) is 3.34. The largest absolute Gasteiger partial charge is 0.381 e. The first-order valence-corrected chi connectivity index (χ1v) is 6.63. The molecule has 2 aromatic carbocycles. The van der Waals surface area contributed by atoms with Crippen LogP contribution in [0.3, 0.4) is 0 Å². The minimum absolute atomic E-state index is 0.864. The van der Waals surface area contributed by atoms with Gasteiger partial charge in [-0.05, 0) is 43.2 Å². The fourth-order valence-electron chi connectivity index (χ4n) is 2.14. The molecule has 2 rings (SSSR count). The van der Waals surface area contributed by atoms with Gasteiger partial charge in [0.15, 0.2) is 0 Å². The molecule has 0 saturated heterocycles. The molecule has 0 unspecified atom stereocenters. The highest BCUT2D eigenvalue weighted by Gasteiger charge is 2.00. The van der Waals surface area contributed by atoms with Crippen LogP contribution in [0.2, 0.25) is 0 Å². The zero-order chi connectivity index (χ0) is 13.8. The van der Waals surface area contributed by atoms with Crippen molar-refractivity contribution >= 4 is 11.4 Å². The number of aryl methyl sites for hydroxylation is 2. The van der Waals surface area contributed by atoms with Gasteiger partial charge in [-0.25, -0.2) is 0 Å². The normalized spacial score (nSPS) is 10.3. The second-order valence-electron chi connectivity index (χ2n) is 5.23. The van der Waals surface area contributed by atoms with E-state index in [9.17, 15) is 0 Å². The van der Waals surface area contributed by atoms with Crippen LogP contribution in [0.1, 0.15) is 16.7 Å². The third-order valence-electron chi connectivity index (χ3n) is 3.34. The van der Waals surface area contributed by atoms with Gasteiger partial charge in [-0.15, -0.1) is 0 Å². The van der Waals surface area contributed by atoms with Crippen LogP contribution in [0.4, 0.5) is 11.4 Å². The van der Waals surface area contributed by atoms with Crippen LogP contribution >= 0.6 is 0 Å². The molecule has 0 spiro atoms. The van der Waals surface area contributed by atoms with Crippen LogP contribution < -0.4 is 10.2 Å². The van der Waals surface area contributed by atoms with Crippen molar-refractivity contribution in [2.24, 2.45) is 0 Å². The summed E-state index contributed by atoms with van der Waals surface area (Å²) in [5, 5.41) is 3.49. The van der Waals surface area contributed by atoms with E-state index >= 15 is 0 Å². The van der Waals surface area contributed by atoms with Gasteiger partial charge in [0.1, 0.15) is 0 Å². The van der Waals surface area contributed by atoms with E-state index in [-0.39, 0.29) is 0 Å². The first-order valence-electron chi connectivity index (χ1n) is 6.63. The monoisotopic (exact) mass is 254 g/mol. The Morgan fingerprint density at radius 1 is 1.00 bits per heavy atom. The molecule has 2 aromatic rings. The molecular weight excluding hydrogens is 232 g/mol. The van der Waals surface area contributed by atoms with Crippen LogP contribution in [-0.2, 0) is 6.54 Å². The molecule has 0 aliphatic rings. The van der Waals surface area contributed by atoms with Crippen LogP contribution in [0.15, 0.2) is 42.5 Å². The molecule has 0 bridgehead atoms. The minimum Gasteiger partial charge on any atom is -0.381 e. The van der Waals surface area contributed by atoms with Gasteiger partial charge >= 0.3 is 0 Å². The highest BCUT2D eigenvalue weighted by atomic mass is 15.1. The van der Waals surface area contributed by atoms with Crippen LogP contribution in [0.25, 0.3) is 0 Å². The van der Waals surface area contributed by atoms with Crippen molar-refractivity contribution in [1.29, 1.82) is 0 Å². The minimum atomic E-state index is 0.864. The van der Waals surface area contributed by atoms with E-state index in [4.69, 9.17) is 0 Å². The molecule has 19 heavy (non-hydrogen) atoms. The molecule has 0 aliphatic heterocycles. The third kappa shape index (κ3) is 3.50. The lowest BCUT2D eigenvalue weighted by Crippen LogP contribution is -2.09. The molecule has 0 radical (unpaired) electrons. The second-order valence-corrected chi connectivity index (χ2v) is 5.23. The number of nitrogens with one attached hydrogen (secondary N) is 1. The zero-order valence-corrected chi connectivity index (χ0v) is 12.2. The van der Waals surface area contributed by atoms with E-state index in [1.54, 1.807) is 0 Å². The molecule has 2 heteroatoms. The topological polar surface area (TPSA) is 15.3 Å². The highest BCUT2D eigenvalue weighted by molar-refractivity contribution is 5.57. The highest BCUT2D eigenvalue weighted by Crippen LogP contribution is 2.19. The smallest absolute Gasteiger partial charge is 0.0403 e. The number of hydrogen-bond donors (Lipinski definition) is 1. The van der Waals surface area contributed by atoms with Crippen LogP contribution in [0, 0.1) is 13.8 Å². The zero-order valence-electron chi connectivity index (χ0n) is 12.2. The van der Waals surface area contributed by atoms with E-state index < -0.39 is 0 Å². The molecule has 0 fully saturated rings. The number of rotatable bonds is 4. The fraction of sp³-hybridized carbons (Fsp3) is 0.294. The van der Waals surface area contributed by atoms with Crippen molar-refractivity contribution in [2.75, 3.05) is 24.3 Å². The van der Waals surface area contributed by atoms with Gasteiger partial charge in [-0.1, -0.05) is 29.8 Å². The van der Waals surface area contributed by atoms with E-state index in [1.807, 2.05) is 0 Å². The second kappa shape index (κ2) is 5.79. The maximum absolute atomic E-state index is 3.49. The van der Waals surface area contributed by atoms with Crippen molar-refractivity contribution in [3.8, 4) is 0 Å². The molecule has 0 atom stereocenters. The van der Waals surface area contributed by atoms with Crippen molar-refractivity contribution in [3.05, 3.63) is 59.2 Å². The lowest BCUT2D eigenvalue weighted by molar-refractivity contribution is 1.10. The number of hydrogen-bond acceptors (Lipinski definition) is 2. The first kappa shape index (κ1) is 13.5. The average Bonchev–Trinajstić information content (AvgIpc) is 2.38. The Morgan fingerprint density at radius 2 is 1.79 bits per heavy atom. The van der Waals surface area contributed by atoms with Crippen LogP contribution in [-0.4, -0.2) is 14.1 Å². The Morgan fingerprint density at radius 3 is 2.47 bits per heavy atom. The standard InChI is InChI=1S/C17H22N2/c1-13-8-9-15(14(2)10-13)12-18-16-6-5-7-17(11-16)19(3)4/h5-11,18H,12H2,1-4H3. The molecule has 1 N–H and O–H groups in total. The van der Waals surface area contributed by atoms with Gasteiger partial charge in [0.25, 0.3) is 0 Å². The fourth-order valence-corrected chi connectivity index (χ4v) is 2.14. The van der Waals surface area contributed by atoms with Gasteiger partial charge in [0.05, 0.1) is 0 Å². The Kier molecular flexibility index (Phi) is 4.10. The predicted octanol–water partition coefficient (Wildman–Crippen LogP) is 3.98. The quantitative estimate of drug-likeness (QED) is 0.887. The Bertz CT molecular complexity index is 559. The summed E-state index contributed by atoms with van der Waals surface area (Å²) < 4.78 is 0. The summed E-state index contributed by atoms with van der Waals surface area (Å²) in [5.74, 6) is 0. The molecule has 0 amide bonds. The summed E-state index contributed by atoms with van der Waals surface area (Å²) in [6, 6.07) is 15.1. The summed E-state index contributed by atoms with van der Waals surface area (Å²) in [6.07, 6.45) is 0. The number of benzene rings is 2.